The molecule has 0 bridgehead atoms. The normalized spacial score (nSPS) is 12.0. The summed E-state index contributed by atoms with van der Waals surface area (Å²) in [6.07, 6.45) is 1.84. The van der Waals surface area contributed by atoms with E-state index in [2.05, 4.69) is 0 Å². The molecule has 80 valence electrons. The van der Waals surface area contributed by atoms with E-state index < -0.39 is 0 Å². The highest BCUT2D eigenvalue weighted by Gasteiger charge is 2.15. The monoisotopic (exact) mass is 190 g/mol. The van der Waals surface area contributed by atoms with E-state index in [-0.39, 0.29) is 12.0 Å². The largest absolute Gasteiger partial charge is 0.396 e. The van der Waals surface area contributed by atoms with Gasteiger partial charge in [-0.3, -0.25) is 0 Å². The lowest BCUT2D eigenvalue weighted by Gasteiger charge is -2.20. The van der Waals surface area contributed by atoms with Gasteiger partial charge in [-0.25, -0.2) is 0 Å². The van der Waals surface area contributed by atoms with Gasteiger partial charge in [0, 0.05) is 33.5 Å². The Morgan fingerprint density at radius 3 is 2.38 bits per heavy atom. The van der Waals surface area contributed by atoms with Crippen LogP contribution in [-0.4, -0.2) is 38.6 Å². The first-order chi connectivity index (χ1) is 6.12. The Morgan fingerprint density at radius 1 is 1.15 bits per heavy atom. The van der Waals surface area contributed by atoms with Gasteiger partial charge in [0.05, 0.1) is 0 Å². The van der Waals surface area contributed by atoms with Crippen LogP contribution in [0.15, 0.2) is 0 Å². The van der Waals surface area contributed by atoms with Gasteiger partial charge in [0.2, 0.25) is 0 Å². The summed E-state index contributed by atoms with van der Waals surface area (Å²) >= 11 is 0. The SMILES string of the molecule is COCCCOCCC(C)(C)CO. The van der Waals surface area contributed by atoms with E-state index in [1.165, 1.54) is 0 Å². The topological polar surface area (TPSA) is 38.7 Å². The molecular formula is C10H22O3. The summed E-state index contributed by atoms with van der Waals surface area (Å²) in [5.41, 5.74) is -0.0126. The Morgan fingerprint density at radius 2 is 1.85 bits per heavy atom. The van der Waals surface area contributed by atoms with Crippen molar-refractivity contribution in [1.29, 1.82) is 0 Å². The summed E-state index contributed by atoms with van der Waals surface area (Å²) in [4.78, 5) is 0. The molecule has 0 rings (SSSR count). The molecule has 0 aromatic carbocycles. The van der Waals surface area contributed by atoms with Crippen molar-refractivity contribution in [3.63, 3.8) is 0 Å². The van der Waals surface area contributed by atoms with Crippen LogP contribution in [-0.2, 0) is 9.47 Å². The number of methoxy groups -OCH3 is 1. The zero-order valence-electron chi connectivity index (χ0n) is 9.01. The maximum absolute atomic E-state index is 8.96. The Kier molecular flexibility index (Phi) is 7.23. The second-order valence-electron chi connectivity index (χ2n) is 4.03. The summed E-state index contributed by atoms with van der Waals surface area (Å²) in [7, 11) is 1.69. The van der Waals surface area contributed by atoms with Gasteiger partial charge in [0.1, 0.15) is 0 Å². The van der Waals surface area contributed by atoms with Crippen LogP contribution in [0.3, 0.4) is 0 Å². The van der Waals surface area contributed by atoms with Crippen LogP contribution >= 0.6 is 0 Å². The van der Waals surface area contributed by atoms with Crippen LogP contribution in [0, 0.1) is 5.41 Å². The molecule has 13 heavy (non-hydrogen) atoms. The van der Waals surface area contributed by atoms with E-state index in [0.29, 0.717) is 0 Å². The molecule has 3 nitrogen and oxygen atoms in total. The maximum Gasteiger partial charge on any atom is 0.0487 e. The molecule has 0 spiro atoms. The molecule has 0 atom stereocenters. The second kappa shape index (κ2) is 7.30. The van der Waals surface area contributed by atoms with Gasteiger partial charge < -0.3 is 14.6 Å². The standard InChI is InChI=1S/C10H22O3/c1-10(2,9-11)5-8-13-7-4-6-12-3/h11H,4-9H2,1-3H3. The molecule has 0 aliphatic heterocycles. The van der Waals surface area contributed by atoms with Crippen LogP contribution in [0.2, 0.25) is 0 Å². The molecule has 0 aromatic heterocycles. The highest BCUT2D eigenvalue weighted by atomic mass is 16.5. The predicted octanol–water partition coefficient (Wildman–Crippen LogP) is 1.45. The van der Waals surface area contributed by atoms with Crippen molar-refractivity contribution in [2.75, 3.05) is 33.5 Å². The number of hydrogen-bond acceptors (Lipinski definition) is 3. The first kappa shape index (κ1) is 12.9. The average molecular weight is 190 g/mol. The molecule has 0 saturated heterocycles. The van der Waals surface area contributed by atoms with Crippen LogP contribution < -0.4 is 0 Å². The number of aliphatic hydroxyl groups excluding tert-OH is 1. The summed E-state index contributed by atoms with van der Waals surface area (Å²) in [6, 6.07) is 0. The van der Waals surface area contributed by atoms with Crippen LogP contribution in [0.1, 0.15) is 26.7 Å². The van der Waals surface area contributed by atoms with Gasteiger partial charge in [0.15, 0.2) is 0 Å². The predicted molar refractivity (Wildman–Crippen MR) is 52.8 cm³/mol. The fourth-order valence-electron chi connectivity index (χ4n) is 0.835. The first-order valence-corrected chi connectivity index (χ1v) is 4.80. The molecule has 1 N–H and O–H groups in total. The fourth-order valence-corrected chi connectivity index (χ4v) is 0.835. The van der Waals surface area contributed by atoms with Gasteiger partial charge in [-0.2, -0.15) is 0 Å². The Bertz CT molecular complexity index is 113. The van der Waals surface area contributed by atoms with Crippen molar-refractivity contribution < 1.29 is 14.6 Å². The van der Waals surface area contributed by atoms with Gasteiger partial charge in [-0.1, -0.05) is 13.8 Å². The van der Waals surface area contributed by atoms with E-state index >= 15 is 0 Å². The lowest BCUT2D eigenvalue weighted by atomic mass is 9.91. The second-order valence-corrected chi connectivity index (χ2v) is 4.03. The summed E-state index contributed by atoms with van der Waals surface area (Å²) in [5.74, 6) is 0. The third-order valence-electron chi connectivity index (χ3n) is 1.99. The zero-order valence-corrected chi connectivity index (χ0v) is 9.01. The van der Waals surface area contributed by atoms with Crippen molar-refractivity contribution in [2.45, 2.75) is 26.7 Å². The zero-order chi connectivity index (χ0) is 10.2. The maximum atomic E-state index is 8.96. The Balaban J connectivity index is 3.16. The number of aliphatic hydroxyl groups is 1. The third-order valence-corrected chi connectivity index (χ3v) is 1.99. The first-order valence-electron chi connectivity index (χ1n) is 4.80. The van der Waals surface area contributed by atoms with E-state index in [1.807, 2.05) is 13.8 Å². The lowest BCUT2D eigenvalue weighted by molar-refractivity contribution is 0.0644. The minimum atomic E-state index is -0.0126. The van der Waals surface area contributed by atoms with E-state index in [1.54, 1.807) is 7.11 Å². The van der Waals surface area contributed by atoms with Gasteiger partial charge in [-0.15, -0.1) is 0 Å². The molecule has 0 heterocycles. The fraction of sp³-hybridized carbons (Fsp3) is 1.00. The quantitative estimate of drug-likeness (QED) is 0.589. The molecule has 0 aliphatic rings. The molecule has 0 aromatic rings. The Hall–Kier alpha value is -0.120. The molecule has 3 heteroatoms. The van der Waals surface area contributed by atoms with E-state index in [4.69, 9.17) is 14.6 Å². The molecular weight excluding hydrogens is 168 g/mol. The van der Waals surface area contributed by atoms with E-state index in [0.717, 1.165) is 32.7 Å². The van der Waals surface area contributed by atoms with Gasteiger partial charge >= 0.3 is 0 Å². The molecule has 0 unspecified atom stereocenters. The van der Waals surface area contributed by atoms with Gasteiger partial charge in [-0.05, 0) is 18.3 Å². The van der Waals surface area contributed by atoms with Crippen molar-refractivity contribution in [3.8, 4) is 0 Å². The van der Waals surface area contributed by atoms with Crippen molar-refractivity contribution in [2.24, 2.45) is 5.41 Å². The van der Waals surface area contributed by atoms with Crippen LogP contribution in [0.5, 0.6) is 0 Å². The van der Waals surface area contributed by atoms with Crippen molar-refractivity contribution >= 4 is 0 Å². The third kappa shape index (κ3) is 8.22. The van der Waals surface area contributed by atoms with E-state index in [9.17, 15) is 0 Å². The minimum Gasteiger partial charge on any atom is -0.396 e. The van der Waals surface area contributed by atoms with Crippen molar-refractivity contribution in [3.05, 3.63) is 0 Å². The van der Waals surface area contributed by atoms with Crippen LogP contribution in [0.4, 0.5) is 0 Å². The number of ether oxygens (including phenoxy) is 2. The van der Waals surface area contributed by atoms with Crippen LogP contribution in [0.25, 0.3) is 0 Å². The number of rotatable bonds is 8. The lowest BCUT2D eigenvalue weighted by Crippen LogP contribution is -2.19. The Labute approximate surface area is 81.0 Å². The average Bonchev–Trinajstić information content (AvgIpc) is 2.11. The molecule has 0 radical (unpaired) electrons. The summed E-state index contributed by atoms with van der Waals surface area (Å²) in [5, 5.41) is 8.96. The van der Waals surface area contributed by atoms with Gasteiger partial charge in [0.25, 0.3) is 0 Å². The highest BCUT2D eigenvalue weighted by molar-refractivity contribution is 4.65. The highest BCUT2D eigenvalue weighted by Crippen LogP contribution is 2.18. The number of hydrogen-bond donors (Lipinski definition) is 1. The molecule has 0 amide bonds. The molecule has 0 saturated carbocycles. The molecule has 0 aliphatic carbocycles. The molecule has 0 fully saturated rings. The van der Waals surface area contributed by atoms with Crippen molar-refractivity contribution in [1.82, 2.24) is 0 Å². The summed E-state index contributed by atoms with van der Waals surface area (Å²) in [6.45, 7) is 6.50. The minimum absolute atomic E-state index is 0.0126. The smallest absolute Gasteiger partial charge is 0.0487 e. The summed E-state index contributed by atoms with van der Waals surface area (Å²) < 4.78 is 10.3.